The minimum atomic E-state index is 0.0576. The Morgan fingerprint density at radius 2 is 1.69 bits per heavy atom. The van der Waals surface area contributed by atoms with Gasteiger partial charge in [-0.15, -0.1) is 0 Å². The summed E-state index contributed by atoms with van der Waals surface area (Å²) in [5.41, 5.74) is 3.23. The molecule has 1 aromatic heterocycles. The molecule has 3 N–H and O–H groups in total. The van der Waals surface area contributed by atoms with Gasteiger partial charge >= 0.3 is 0 Å². The minimum absolute atomic E-state index is 0.0576. The number of phenolic OH excluding ortho intramolecular Hbond substituents is 2. The van der Waals surface area contributed by atoms with E-state index in [0.29, 0.717) is 18.0 Å². The second-order valence-electron chi connectivity index (χ2n) is 6.40. The number of pyridine rings is 1. The number of phenols is 2. The van der Waals surface area contributed by atoms with Crippen molar-refractivity contribution in [3.8, 4) is 23.0 Å². The van der Waals surface area contributed by atoms with Crippen molar-refractivity contribution in [2.75, 3.05) is 14.2 Å². The number of nitrogens with one attached hydrogen (secondary N) is 1. The molecule has 26 heavy (non-hydrogen) atoms. The summed E-state index contributed by atoms with van der Waals surface area (Å²) >= 11 is 0. The minimum Gasteiger partial charge on any atom is -0.504 e. The van der Waals surface area contributed by atoms with Gasteiger partial charge in [-0.3, -0.25) is 4.98 Å². The lowest BCUT2D eigenvalue weighted by Gasteiger charge is -2.28. The molecule has 2 aromatic carbocycles. The Morgan fingerprint density at radius 3 is 2.46 bits per heavy atom. The molecule has 0 fully saturated rings. The summed E-state index contributed by atoms with van der Waals surface area (Å²) in [5, 5.41) is 25.3. The lowest BCUT2D eigenvalue weighted by molar-refractivity contribution is 0.370. The predicted molar refractivity (Wildman–Crippen MR) is 97.9 cm³/mol. The van der Waals surface area contributed by atoms with Crippen molar-refractivity contribution in [2.45, 2.75) is 19.0 Å². The molecule has 0 radical (unpaired) electrons. The van der Waals surface area contributed by atoms with E-state index < -0.39 is 0 Å². The van der Waals surface area contributed by atoms with Crippen molar-refractivity contribution in [1.82, 2.24) is 10.3 Å². The molecule has 4 rings (SSSR count). The molecule has 0 saturated heterocycles. The van der Waals surface area contributed by atoms with Crippen LogP contribution in [0.5, 0.6) is 23.0 Å². The van der Waals surface area contributed by atoms with Crippen molar-refractivity contribution in [3.63, 3.8) is 0 Å². The molecule has 0 amide bonds. The van der Waals surface area contributed by atoms with Crippen LogP contribution in [0.2, 0.25) is 0 Å². The van der Waals surface area contributed by atoms with E-state index in [0.717, 1.165) is 33.9 Å². The lowest BCUT2D eigenvalue weighted by atomic mass is 9.90. The Kier molecular flexibility index (Phi) is 4.05. The van der Waals surface area contributed by atoms with Gasteiger partial charge in [0.25, 0.3) is 0 Å². The zero-order valence-electron chi connectivity index (χ0n) is 14.6. The van der Waals surface area contributed by atoms with E-state index in [1.54, 1.807) is 25.4 Å². The quantitative estimate of drug-likeness (QED) is 0.672. The van der Waals surface area contributed by atoms with E-state index in [2.05, 4.69) is 10.3 Å². The Bertz CT molecular complexity index is 987. The van der Waals surface area contributed by atoms with Crippen molar-refractivity contribution >= 4 is 10.8 Å². The lowest BCUT2D eigenvalue weighted by Crippen LogP contribution is -2.28. The summed E-state index contributed by atoms with van der Waals surface area (Å²) < 4.78 is 10.5. The molecular formula is C20H20N2O4. The first-order chi connectivity index (χ1) is 12.6. The number of aromatic nitrogens is 1. The zero-order valence-corrected chi connectivity index (χ0v) is 14.6. The summed E-state index contributed by atoms with van der Waals surface area (Å²) in [7, 11) is 3.09. The van der Waals surface area contributed by atoms with Gasteiger partial charge in [-0.2, -0.15) is 0 Å². The number of fused-ring (bicyclic) bond motifs is 2. The third-order valence-corrected chi connectivity index (χ3v) is 4.93. The van der Waals surface area contributed by atoms with Crippen LogP contribution in [0.4, 0.5) is 0 Å². The topological polar surface area (TPSA) is 83.8 Å². The smallest absolute Gasteiger partial charge is 0.161 e. The molecule has 1 unspecified atom stereocenters. The van der Waals surface area contributed by atoms with Gasteiger partial charge in [-0.05, 0) is 52.8 Å². The maximum absolute atomic E-state index is 10.0. The SMILES string of the molecule is COc1cc2c(cc1O)CNC(c1cncc3cc(O)c(OC)cc13)C2. The molecule has 3 aromatic rings. The number of benzene rings is 2. The number of nitrogens with zero attached hydrogens (tertiary/aromatic N) is 1. The molecule has 1 aliphatic rings. The van der Waals surface area contributed by atoms with Crippen LogP contribution in [-0.4, -0.2) is 29.4 Å². The maximum Gasteiger partial charge on any atom is 0.161 e. The molecule has 1 atom stereocenters. The van der Waals surface area contributed by atoms with Crippen LogP contribution in [-0.2, 0) is 13.0 Å². The van der Waals surface area contributed by atoms with E-state index in [-0.39, 0.29) is 17.5 Å². The van der Waals surface area contributed by atoms with Crippen LogP contribution in [0.3, 0.4) is 0 Å². The highest BCUT2D eigenvalue weighted by Crippen LogP contribution is 2.38. The van der Waals surface area contributed by atoms with Gasteiger partial charge in [0.15, 0.2) is 23.0 Å². The summed E-state index contributed by atoms with van der Waals surface area (Å²) in [6, 6.07) is 7.21. The Hall–Kier alpha value is -2.99. The monoisotopic (exact) mass is 352 g/mol. The van der Waals surface area contributed by atoms with Crippen LogP contribution in [0, 0.1) is 0 Å². The first kappa shape index (κ1) is 16.5. The van der Waals surface area contributed by atoms with E-state index in [9.17, 15) is 10.2 Å². The second-order valence-corrected chi connectivity index (χ2v) is 6.40. The fourth-order valence-corrected chi connectivity index (χ4v) is 3.57. The molecule has 2 heterocycles. The largest absolute Gasteiger partial charge is 0.504 e. The molecule has 0 saturated carbocycles. The standard InChI is InChI=1S/C20H20N2O4/c1-25-19-6-11-3-16(22-9-12(11)4-17(19)23)15-10-21-8-13-5-18(24)20(26-2)7-14(13)15/h4-8,10,16,22-24H,3,9H2,1-2H3. The van der Waals surface area contributed by atoms with Gasteiger partial charge in [0, 0.05) is 30.4 Å². The molecule has 1 aliphatic heterocycles. The molecule has 6 nitrogen and oxygen atoms in total. The van der Waals surface area contributed by atoms with Crippen molar-refractivity contribution in [2.24, 2.45) is 0 Å². The Balaban J connectivity index is 1.77. The third-order valence-electron chi connectivity index (χ3n) is 4.93. The number of hydrogen-bond donors (Lipinski definition) is 3. The average Bonchev–Trinajstić information content (AvgIpc) is 2.66. The third kappa shape index (κ3) is 2.68. The van der Waals surface area contributed by atoms with E-state index in [1.165, 1.54) is 7.11 Å². The first-order valence-electron chi connectivity index (χ1n) is 8.37. The molecule has 0 spiro atoms. The number of ether oxygens (including phenoxy) is 2. The van der Waals surface area contributed by atoms with Gasteiger partial charge in [0.1, 0.15) is 0 Å². The fraction of sp³-hybridized carbons (Fsp3) is 0.250. The van der Waals surface area contributed by atoms with Gasteiger partial charge in [0.2, 0.25) is 0 Å². The number of aromatic hydroxyl groups is 2. The number of methoxy groups -OCH3 is 2. The van der Waals surface area contributed by atoms with Gasteiger partial charge < -0.3 is 25.0 Å². The number of hydrogen-bond acceptors (Lipinski definition) is 6. The summed E-state index contributed by atoms with van der Waals surface area (Å²) in [6.07, 6.45) is 4.32. The number of rotatable bonds is 3. The van der Waals surface area contributed by atoms with E-state index in [1.807, 2.05) is 18.3 Å². The second kappa shape index (κ2) is 6.38. The Morgan fingerprint density at radius 1 is 0.962 bits per heavy atom. The molecule has 0 bridgehead atoms. The van der Waals surface area contributed by atoms with Crippen LogP contribution >= 0.6 is 0 Å². The fourth-order valence-electron chi connectivity index (χ4n) is 3.57. The first-order valence-corrected chi connectivity index (χ1v) is 8.37. The predicted octanol–water partition coefficient (Wildman–Crippen LogP) is 3.05. The van der Waals surface area contributed by atoms with Crippen LogP contribution in [0.25, 0.3) is 10.8 Å². The highest BCUT2D eigenvalue weighted by molar-refractivity contribution is 5.88. The average molecular weight is 352 g/mol. The van der Waals surface area contributed by atoms with Crippen molar-refractivity contribution in [1.29, 1.82) is 0 Å². The van der Waals surface area contributed by atoms with Crippen LogP contribution in [0.1, 0.15) is 22.7 Å². The van der Waals surface area contributed by atoms with E-state index in [4.69, 9.17) is 9.47 Å². The molecule has 0 aliphatic carbocycles. The van der Waals surface area contributed by atoms with Crippen LogP contribution < -0.4 is 14.8 Å². The molecular weight excluding hydrogens is 332 g/mol. The zero-order chi connectivity index (χ0) is 18.3. The van der Waals surface area contributed by atoms with Crippen molar-refractivity contribution < 1.29 is 19.7 Å². The highest BCUT2D eigenvalue weighted by Gasteiger charge is 2.23. The van der Waals surface area contributed by atoms with Gasteiger partial charge in [-0.1, -0.05) is 0 Å². The highest BCUT2D eigenvalue weighted by atomic mass is 16.5. The maximum atomic E-state index is 10.0. The summed E-state index contributed by atoms with van der Waals surface area (Å²) in [4.78, 5) is 4.33. The summed E-state index contributed by atoms with van der Waals surface area (Å²) in [6.45, 7) is 0.642. The molecule has 134 valence electrons. The van der Waals surface area contributed by atoms with Gasteiger partial charge in [-0.25, -0.2) is 0 Å². The summed E-state index contributed by atoms with van der Waals surface area (Å²) in [5.74, 6) is 1.17. The van der Waals surface area contributed by atoms with Gasteiger partial charge in [0.05, 0.1) is 14.2 Å². The molecule has 6 heteroatoms. The normalized spacial score (nSPS) is 16.3. The van der Waals surface area contributed by atoms with E-state index >= 15 is 0 Å². The van der Waals surface area contributed by atoms with Crippen molar-refractivity contribution in [3.05, 3.63) is 53.3 Å². The van der Waals surface area contributed by atoms with Crippen LogP contribution in [0.15, 0.2) is 36.7 Å². The Labute approximate surface area is 151 Å².